The van der Waals surface area contributed by atoms with E-state index in [0.29, 0.717) is 118 Å². The molecule has 2 saturated heterocycles. The Morgan fingerprint density at radius 1 is 0.639 bits per heavy atom. The number of likely N-dealkylation sites (tertiary alicyclic amines) is 2. The van der Waals surface area contributed by atoms with Crippen LogP contribution in [-0.2, 0) is 19.2 Å². The van der Waals surface area contributed by atoms with Gasteiger partial charge in [-0.25, -0.2) is 9.97 Å². The van der Waals surface area contributed by atoms with Crippen LogP contribution in [-0.4, -0.2) is 150 Å². The average molecular weight is 1020 g/mol. The topological polar surface area (TPSA) is 274 Å². The van der Waals surface area contributed by atoms with E-state index in [0.717, 1.165) is 9.79 Å². The minimum absolute atomic E-state index is 0.0533. The molecule has 2 aromatic carbocycles. The number of hydrogen-bond acceptors (Lipinski definition) is 18. The van der Waals surface area contributed by atoms with Gasteiger partial charge in [0.05, 0.1) is 71.7 Å². The maximum atomic E-state index is 13.1. The van der Waals surface area contributed by atoms with Crippen LogP contribution >= 0.6 is 23.5 Å². The fraction of sp³-hybridized carbons (Fsp3) is 0.360. The van der Waals surface area contributed by atoms with Gasteiger partial charge in [0.1, 0.15) is 22.2 Å². The Bertz CT molecular complexity index is 2820. The molecule has 10 rings (SSSR count). The predicted octanol–water partition coefficient (Wildman–Crippen LogP) is 4.36. The van der Waals surface area contributed by atoms with Crippen LogP contribution in [0.1, 0.15) is 49.0 Å². The standard InChI is InChI=1S/2C25H27N5O5S/c2*1-35-22-5-3-16-23(29-22)17(6-9-26-16)28-24(33)25(34)7-10-30(11-8-25)13-19(31)15-2-4-20-18(12-15)27-21(32)14-36-20/h2*2-6,9,12,19,31,34H,7-8,10-11,13-14H2,1H3,(H,27,32)(H,26,28,33)/t2*19-/m10/s1. The van der Waals surface area contributed by atoms with Crippen molar-refractivity contribution in [3.05, 3.63) is 96.3 Å². The van der Waals surface area contributed by atoms with Crippen molar-refractivity contribution >= 4 is 92.0 Å². The number of nitrogens with one attached hydrogen (secondary N) is 4. The number of rotatable bonds is 12. The average Bonchev–Trinajstić information content (AvgIpc) is 3.39. The Labute approximate surface area is 422 Å². The summed E-state index contributed by atoms with van der Waals surface area (Å²) in [4.78, 5) is 72.7. The van der Waals surface area contributed by atoms with Gasteiger partial charge in [0.15, 0.2) is 0 Å². The summed E-state index contributed by atoms with van der Waals surface area (Å²) in [5.41, 5.74) is 2.84. The normalized spacial score (nSPS) is 18.2. The molecule has 72 heavy (non-hydrogen) atoms. The number of aromatic nitrogens is 4. The van der Waals surface area contributed by atoms with Crippen molar-refractivity contribution < 1.29 is 49.1 Å². The number of amides is 4. The zero-order valence-electron chi connectivity index (χ0n) is 39.5. The number of nitrogens with zero attached hydrogens (tertiary/aromatic N) is 6. The molecule has 4 aliphatic heterocycles. The van der Waals surface area contributed by atoms with Crippen molar-refractivity contribution in [2.75, 3.05) is 86.3 Å². The number of methoxy groups -OCH3 is 2. The monoisotopic (exact) mass is 1020 g/mol. The summed E-state index contributed by atoms with van der Waals surface area (Å²) in [7, 11) is 3.03. The van der Waals surface area contributed by atoms with Gasteiger partial charge >= 0.3 is 0 Å². The second-order valence-electron chi connectivity index (χ2n) is 17.9. The van der Waals surface area contributed by atoms with Gasteiger partial charge in [0.25, 0.3) is 11.8 Å². The molecule has 8 heterocycles. The zero-order chi connectivity index (χ0) is 50.6. The van der Waals surface area contributed by atoms with E-state index in [1.165, 1.54) is 37.7 Å². The SMILES string of the molecule is COc1ccc2nccc(NC(=O)C3(O)CCN(C[C@@H](O)c4ccc5c(c4)NC(=O)CS5)CC3)c2n1.COc1ccc2nccc(NC(=O)C3(O)CCN(C[C@H](O)c4ccc5c(c4)NC(=O)CS5)CC3)c2n1. The largest absolute Gasteiger partial charge is 0.481 e. The molecule has 2 fully saturated rings. The lowest BCUT2D eigenvalue weighted by molar-refractivity contribution is -0.139. The van der Waals surface area contributed by atoms with E-state index in [-0.39, 0.29) is 37.5 Å². The summed E-state index contributed by atoms with van der Waals surface area (Å²) in [5.74, 6) is 0.478. The zero-order valence-corrected chi connectivity index (χ0v) is 41.1. The number of ether oxygens (including phenoxy) is 2. The third-order valence-electron chi connectivity index (χ3n) is 13.1. The van der Waals surface area contributed by atoms with Gasteiger partial charge < -0.3 is 61.0 Å². The molecule has 0 saturated carbocycles. The number of fused-ring (bicyclic) bond motifs is 4. The van der Waals surface area contributed by atoms with Crippen LogP contribution in [0.4, 0.5) is 22.7 Å². The van der Waals surface area contributed by atoms with Crippen LogP contribution in [0, 0.1) is 0 Å². The first-order chi connectivity index (χ1) is 34.7. The van der Waals surface area contributed by atoms with Crippen LogP contribution in [0.3, 0.4) is 0 Å². The highest BCUT2D eigenvalue weighted by molar-refractivity contribution is 8.00. The fourth-order valence-electron chi connectivity index (χ4n) is 8.90. The van der Waals surface area contributed by atoms with Gasteiger partial charge in [-0.1, -0.05) is 12.1 Å². The van der Waals surface area contributed by atoms with E-state index in [1.54, 1.807) is 60.9 Å². The van der Waals surface area contributed by atoms with Crippen LogP contribution in [0.2, 0.25) is 0 Å². The molecular weight excluding hydrogens is 965 g/mol. The molecule has 6 aromatic rings. The van der Waals surface area contributed by atoms with Crippen molar-refractivity contribution in [1.82, 2.24) is 29.7 Å². The summed E-state index contributed by atoms with van der Waals surface area (Å²) >= 11 is 2.95. The first-order valence-electron chi connectivity index (χ1n) is 23.3. The number of benzene rings is 2. The highest BCUT2D eigenvalue weighted by Crippen LogP contribution is 2.36. The molecule has 0 spiro atoms. The molecule has 0 radical (unpaired) electrons. The number of β-amino-alcohol motifs (C(OH)–C–C–N with tert-alkyl or cyclic N) is 2. The van der Waals surface area contributed by atoms with E-state index < -0.39 is 35.2 Å². The first-order valence-corrected chi connectivity index (χ1v) is 25.3. The Hall–Kier alpha value is -6.50. The molecule has 0 unspecified atom stereocenters. The lowest BCUT2D eigenvalue weighted by Gasteiger charge is -2.37. The summed E-state index contributed by atoms with van der Waals surface area (Å²) in [6.07, 6.45) is 2.52. The number of aliphatic hydroxyl groups is 4. The quantitative estimate of drug-likeness (QED) is 0.0846. The molecule has 0 bridgehead atoms. The predicted molar refractivity (Wildman–Crippen MR) is 272 cm³/mol. The van der Waals surface area contributed by atoms with Crippen molar-refractivity contribution in [3.8, 4) is 11.8 Å². The summed E-state index contributed by atoms with van der Waals surface area (Å²) < 4.78 is 10.4. The Balaban J connectivity index is 0.000000178. The molecular formula is C50H54N10O10S2. The molecule has 376 valence electrons. The summed E-state index contributed by atoms with van der Waals surface area (Å²) in [6, 6.07) is 21.3. The molecule has 2 atom stereocenters. The number of pyridine rings is 4. The third kappa shape index (κ3) is 11.4. The van der Waals surface area contributed by atoms with Gasteiger partial charge in [-0.3, -0.25) is 29.1 Å². The van der Waals surface area contributed by atoms with Gasteiger partial charge in [0.2, 0.25) is 23.6 Å². The minimum atomic E-state index is -1.54. The van der Waals surface area contributed by atoms with Crippen molar-refractivity contribution in [2.45, 2.75) is 58.9 Å². The van der Waals surface area contributed by atoms with E-state index in [4.69, 9.17) is 9.47 Å². The van der Waals surface area contributed by atoms with E-state index in [2.05, 4.69) is 41.2 Å². The van der Waals surface area contributed by atoms with Crippen LogP contribution in [0.15, 0.2) is 95.0 Å². The number of thioether (sulfide) groups is 2. The molecule has 20 nitrogen and oxygen atoms in total. The highest BCUT2D eigenvalue weighted by Gasteiger charge is 2.41. The van der Waals surface area contributed by atoms with Crippen molar-refractivity contribution in [3.63, 3.8) is 0 Å². The number of carbonyl (C=O) groups excluding carboxylic acids is 4. The molecule has 8 N–H and O–H groups in total. The smallest absolute Gasteiger partial charge is 0.256 e. The Morgan fingerprint density at radius 2 is 1.04 bits per heavy atom. The fourth-order valence-corrected chi connectivity index (χ4v) is 10.5. The maximum absolute atomic E-state index is 13.1. The summed E-state index contributed by atoms with van der Waals surface area (Å²) in [5, 5.41) is 55.1. The summed E-state index contributed by atoms with van der Waals surface area (Å²) in [6.45, 7) is 2.50. The lowest BCUT2D eigenvalue weighted by Crippen LogP contribution is -2.52. The lowest BCUT2D eigenvalue weighted by atomic mass is 9.90. The number of hydrogen-bond donors (Lipinski definition) is 8. The minimum Gasteiger partial charge on any atom is -0.481 e. The molecule has 0 aliphatic carbocycles. The van der Waals surface area contributed by atoms with Crippen LogP contribution < -0.4 is 30.7 Å². The molecule has 4 amide bonds. The Morgan fingerprint density at radius 3 is 1.43 bits per heavy atom. The third-order valence-corrected chi connectivity index (χ3v) is 15.3. The molecule has 4 aliphatic rings. The Kier molecular flexibility index (Phi) is 15.2. The molecule has 22 heteroatoms. The first kappa shape index (κ1) is 50.4. The van der Waals surface area contributed by atoms with Gasteiger partial charge in [0, 0.05) is 73.6 Å². The number of anilines is 4. The maximum Gasteiger partial charge on any atom is 0.256 e. The van der Waals surface area contributed by atoms with E-state index in [9.17, 15) is 39.6 Å². The van der Waals surface area contributed by atoms with Crippen molar-refractivity contribution in [1.29, 1.82) is 0 Å². The molecule has 4 aromatic heterocycles. The van der Waals surface area contributed by atoms with Gasteiger partial charge in [-0.2, -0.15) is 0 Å². The second kappa shape index (κ2) is 21.7. The van der Waals surface area contributed by atoms with Crippen LogP contribution in [0.25, 0.3) is 22.1 Å². The number of aliphatic hydroxyl groups excluding tert-OH is 2. The second-order valence-corrected chi connectivity index (χ2v) is 20.0. The number of piperidine rings is 2. The van der Waals surface area contributed by atoms with E-state index >= 15 is 0 Å². The van der Waals surface area contributed by atoms with Gasteiger partial charge in [-0.15, -0.1) is 23.5 Å². The highest BCUT2D eigenvalue weighted by atomic mass is 32.2. The van der Waals surface area contributed by atoms with Crippen LogP contribution in [0.5, 0.6) is 11.8 Å². The van der Waals surface area contributed by atoms with E-state index in [1.807, 2.05) is 34.1 Å². The number of carbonyl (C=O) groups is 4. The van der Waals surface area contributed by atoms with Crippen molar-refractivity contribution in [2.24, 2.45) is 0 Å². The van der Waals surface area contributed by atoms with Gasteiger partial charge in [-0.05, 0) is 85.3 Å².